The molecule has 0 aliphatic carbocycles. The zero-order chi connectivity index (χ0) is 45.2. The molecule has 0 aromatic heterocycles. The van der Waals surface area contributed by atoms with E-state index in [0.717, 1.165) is 49.4 Å². The average molecular weight is 849 g/mol. The Morgan fingerprint density at radius 3 is 1.05 bits per heavy atom. The van der Waals surface area contributed by atoms with Crippen molar-refractivity contribution in [3.8, 4) is 23.0 Å². The average Bonchev–Trinajstić information content (AvgIpc) is 3.18. The molecule has 6 nitrogen and oxygen atoms in total. The van der Waals surface area contributed by atoms with Gasteiger partial charge in [0.25, 0.3) is 0 Å². The van der Waals surface area contributed by atoms with Crippen LogP contribution in [0.3, 0.4) is 0 Å². The first-order valence-electron chi connectivity index (χ1n) is 24.8. The molecule has 348 valence electrons. The fraction of sp³-hybridized carbons (Fsp3) is 0.727. The molecule has 0 fully saturated rings. The lowest BCUT2D eigenvalue weighted by atomic mass is 9.97. The summed E-state index contributed by atoms with van der Waals surface area (Å²) in [6.07, 6.45) is 19.8. The maximum atomic E-state index is 13.8. The van der Waals surface area contributed by atoms with Gasteiger partial charge in [-0.2, -0.15) is 0 Å². The first-order chi connectivity index (χ1) is 29.0. The molecule has 4 atom stereocenters. The molecule has 0 heterocycles. The molecule has 2 aromatic carbocycles. The van der Waals surface area contributed by atoms with Crippen molar-refractivity contribution in [2.45, 2.75) is 186 Å². The Balaban J connectivity index is 2.24. The van der Waals surface area contributed by atoms with E-state index in [2.05, 4.69) is 83.1 Å². The van der Waals surface area contributed by atoms with Crippen LogP contribution in [-0.4, -0.2) is 37.3 Å². The van der Waals surface area contributed by atoms with Gasteiger partial charge in [0.05, 0.1) is 26.4 Å². The monoisotopic (exact) mass is 849 g/mol. The molecule has 61 heavy (non-hydrogen) atoms. The quantitative estimate of drug-likeness (QED) is 0.0423. The van der Waals surface area contributed by atoms with Crippen LogP contribution in [0.25, 0.3) is 5.76 Å². The van der Waals surface area contributed by atoms with Crippen LogP contribution in [-0.2, 0) is 0 Å². The first-order valence-corrected chi connectivity index (χ1v) is 24.8. The van der Waals surface area contributed by atoms with E-state index >= 15 is 0 Å². The van der Waals surface area contributed by atoms with Crippen molar-refractivity contribution in [2.75, 3.05) is 26.4 Å². The topological polar surface area (TPSA) is 74.2 Å². The molecule has 2 aromatic rings. The molecule has 1 N–H and O–H groups in total. The van der Waals surface area contributed by atoms with Crippen molar-refractivity contribution in [2.24, 2.45) is 47.3 Å². The molecule has 0 unspecified atom stereocenters. The number of hydrogen-bond donors (Lipinski definition) is 1. The van der Waals surface area contributed by atoms with Crippen LogP contribution in [0.1, 0.15) is 202 Å². The van der Waals surface area contributed by atoms with Gasteiger partial charge >= 0.3 is 0 Å². The summed E-state index contributed by atoms with van der Waals surface area (Å²) in [6, 6.07) is 10.9. The van der Waals surface area contributed by atoms with Crippen LogP contribution in [0, 0.1) is 47.3 Å². The Hall–Kier alpha value is -3.15. The molecule has 0 bridgehead atoms. The molecule has 0 saturated heterocycles. The van der Waals surface area contributed by atoms with Crippen molar-refractivity contribution < 1.29 is 28.8 Å². The number of benzene rings is 2. The number of carbonyl (C=O) groups is 1. The summed E-state index contributed by atoms with van der Waals surface area (Å²) in [4.78, 5) is 13.8. The van der Waals surface area contributed by atoms with Crippen LogP contribution in [0.15, 0.2) is 42.5 Å². The Morgan fingerprint density at radius 1 is 0.426 bits per heavy atom. The van der Waals surface area contributed by atoms with E-state index < -0.39 is 0 Å². The zero-order valence-corrected chi connectivity index (χ0v) is 41.3. The highest BCUT2D eigenvalue weighted by Gasteiger charge is 2.17. The highest BCUT2D eigenvalue weighted by Crippen LogP contribution is 2.34. The van der Waals surface area contributed by atoms with Crippen molar-refractivity contribution >= 4 is 11.5 Å². The summed E-state index contributed by atoms with van der Waals surface area (Å²) in [5.74, 6) is 7.21. The van der Waals surface area contributed by atoms with Gasteiger partial charge in [-0.1, -0.05) is 160 Å². The summed E-state index contributed by atoms with van der Waals surface area (Å²) in [5.41, 5.74) is 0.944. The molecular weight excluding hydrogens is 757 g/mol. The number of rotatable bonds is 35. The largest absolute Gasteiger partial charge is 0.507 e. The molecule has 0 aliphatic rings. The minimum atomic E-state index is -0.306. The fourth-order valence-electron chi connectivity index (χ4n) is 7.64. The number of carbonyl (C=O) groups excluding carboxylic acids is 1. The first kappa shape index (κ1) is 54.0. The summed E-state index contributed by atoms with van der Waals surface area (Å²) >= 11 is 0. The van der Waals surface area contributed by atoms with Crippen LogP contribution < -0.4 is 18.9 Å². The predicted octanol–water partition coefficient (Wildman–Crippen LogP) is 16.4. The second-order valence-electron chi connectivity index (χ2n) is 20.5. The van der Waals surface area contributed by atoms with Gasteiger partial charge in [-0.3, -0.25) is 4.79 Å². The third-order valence-electron chi connectivity index (χ3n) is 12.1. The minimum Gasteiger partial charge on any atom is -0.507 e. The van der Waals surface area contributed by atoms with Crippen molar-refractivity contribution in [3.63, 3.8) is 0 Å². The summed E-state index contributed by atoms with van der Waals surface area (Å²) in [6.45, 7) is 29.7. The molecule has 6 heteroatoms. The van der Waals surface area contributed by atoms with E-state index in [0.29, 0.717) is 84.2 Å². The number of ether oxygens (including phenoxy) is 4. The van der Waals surface area contributed by atoms with Crippen molar-refractivity contribution in [1.82, 2.24) is 0 Å². The maximum absolute atomic E-state index is 13.8. The smallest absolute Gasteiger partial charge is 0.189 e. The van der Waals surface area contributed by atoms with E-state index in [-0.39, 0.29) is 11.5 Å². The highest BCUT2D eigenvalue weighted by atomic mass is 16.5. The van der Waals surface area contributed by atoms with Gasteiger partial charge in [0, 0.05) is 17.2 Å². The molecule has 0 aliphatic heterocycles. The Bertz CT molecular complexity index is 1490. The summed E-state index contributed by atoms with van der Waals surface area (Å²) < 4.78 is 25.4. The van der Waals surface area contributed by atoms with Crippen molar-refractivity contribution in [1.29, 1.82) is 0 Å². The third kappa shape index (κ3) is 24.9. The van der Waals surface area contributed by atoms with E-state index in [4.69, 9.17) is 18.9 Å². The molecule has 0 spiro atoms. The Morgan fingerprint density at radius 2 is 0.721 bits per heavy atom. The predicted molar refractivity (Wildman–Crippen MR) is 260 cm³/mol. The van der Waals surface area contributed by atoms with Crippen LogP contribution >= 0.6 is 0 Å². The van der Waals surface area contributed by atoms with Gasteiger partial charge in [-0.05, 0) is 109 Å². The van der Waals surface area contributed by atoms with Crippen LogP contribution in [0.2, 0.25) is 0 Å². The van der Waals surface area contributed by atoms with Gasteiger partial charge in [-0.25, -0.2) is 0 Å². The second kappa shape index (κ2) is 30.8. The standard InChI is InChI=1S/C55H92O6/c1-40(2)17-13-21-44(9)29-33-58-52-27-25-48(37-54(52)60-35-31-46(11)23-15-19-42(5)6)50(56)39-51(57)49-26-28-53(59-34-30-45(10)22-14-18-41(3)4)55(38-49)61-36-32-47(12)24-16-20-43(7)8/h25-28,37-47,56H,13-24,29-36H2,1-12H3/b50-39-/t44-,45-,46-,47-/m0/s1. The lowest BCUT2D eigenvalue weighted by Crippen LogP contribution is -2.09. The normalized spacial score (nSPS) is 14.1. The van der Waals surface area contributed by atoms with E-state index in [1.165, 1.54) is 83.1 Å². The lowest BCUT2D eigenvalue weighted by molar-refractivity contribution is 0.104. The van der Waals surface area contributed by atoms with Gasteiger partial charge in [0.15, 0.2) is 28.8 Å². The van der Waals surface area contributed by atoms with Gasteiger partial charge in [0.1, 0.15) is 5.76 Å². The number of ketones is 1. The van der Waals surface area contributed by atoms with Gasteiger partial charge in [-0.15, -0.1) is 0 Å². The Labute approximate surface area is 375 Å². The SMILES string of the molecule is CC(C)CCC[C@H](C)CCOc1ccc(C(=O)/C=C(\O)c2ccc(OCC[C@@H](C)CCCC(C)C)c(OCC[C@@H](C)CCCC(C)C)c2)cc1OCC[C@@H](C)CCCC(C)C. The number of aliphatic hydroxyl groups excluding tert-OH is 1. The number of hydrogen-bond acceptors (Lipinski definition) is 6. The summed E-state index contributed by atoms with van der Waals surface area (Å²) in [5, 5.41) is 11.4. The fourth-order valence-corrected chi connectivity index (χ4v) is 7.64. The lowest BCUT2D eigenvalue weighted by Gasteiger charge is -2.18. The molecule has 0 radical (unpaired) electrons. The maximum Gasteiger partial charge on any atom is 0.189 e. The van der Waals surface area contributed by atoms with Gasteiger partial charge < -0.3 is 24.1 Å². The van der Waals surface area contributed by atoms with Crippen molar-refractivity contribution in [3.05, 3.63) is 53.6 Å². The molecule has 2 rings (SSSR count). The minimum absolute atomic E-state index is 0.119. The highest BCUT2D eigenvalue weighted by molar-refractivity contribution is 6.08. The van der Waals surface area contributed by atoms with E-state index in [9.17, 15) is 9.90 Å². The number of aliphatic hydroxyl groups is 1. The van der Waals surface area contributed by atoms with E-state index in [1.54, 1.807) is 18.2 Å². The van der Waals surface area contributed by atoms with Crippen LogP contribution in [0.5, 0.6) is 23.0 Å². The van der Waals surface area contributed by atoms with Crippen LogP contribution in [0.4, 0.5) is 0 Å². The molecule has 0 saturated carbocycles. The van der Waals surface area contributed by atoms with E-state index in [1.807, 2.05) is 18.2 Å². The van der Waals surface area contributed by atoms with Gasteiger partial charge in [0.2, 0.25) is 0 Å². The third-order valence-corrected chi connectivity index (χ3v) is 12.1. The number of allylic oxidation sites excluding steroid dienone is 1. The summed E-state index contributed by atoms with van der Waals surface area (Å²) in [7, 11) is 0. The second-order valence-corrected chi connectivity index (χ2v) is 20.5. The molecular formula is C55H92O6. The molecule has 0 amide bonds. The Kier molecular flexibility index (Phi) is 27.3. The zero-order valence-electron chi connectivity index (χ0n) is 41.3.